The predicted octanol–water partition coefficient (Wildman–Crippen LogP) is 1.13. The summed E-state index contributed by atoms with van der Waals surface area (Å²) in [5.41, 5.74) is 0. The maximum Gasteiger partial charge on any atom is 0.317 e. The maximum atomic E-state index is 11.8. The van der Waals surface area contributed by atoms with E-state index in [-0.39, 0.29) is 6.03 Å². The largest absolute Gasteiger partial charge is 0.335 e. The smallest absolute Gasteiger partial charge is 0.317 e. The van der Waals surface area contributed by atoms with Gasteiger partial charge in [0.2, 0.25) is 0 Å². The molecule has 88 valence electrons. The van der Waals surface area contributed by atoms with Crippen LogP contribution in [-0.4, -0.2) is 55.1 Å². The highest BCUT2D eigenvalue weighted by Crippen LogP contribution is 2.02. The molecule has 15 heavy (non-hydrogen) atoms. The average molecular weight is 213 g/mol. The summed E-state index contributed by atoms with van der Waals surface area (Å²) in [7, 11) is 2.09. The van der Waals surface area contributed by atoms with Gasteiger partial charge in [-0.1, -0.05) is 13.8 Å². The van der Waals surface area contributed by atoms with Crippen LogP contribution in [-0.2, 0) is 0 Å². The van der Waals surface area contributed by atoms with Crippen molar-refractivity contribution >= 4 is 6.03 Å². The summed E-state index contributed by atoms with van der Waals surface area (Å²) in [5.74, 6) is 0. The van der Waals surface area contributed by atoms with E-state index in [0.29, 0.717) is 6.04 Å². The van der Waals surface area contributed by atoms with Crippen molar-refractivity contribution in [2.75, 3.05) is 33.2 Å². The lowest BCUT2D eigenvalue weighted by molar-refractivity contribution is 0.151. The number of nitrogens with one attached hydrogen (secondary N) is 1. The van der Waals surface area contributed by atoms with Gasteiger partial charge in [-0.3, -0.25) is 0 Å². The van der Waals surface area contributed by atoms with E-state index in [2.05, 4.69) is 31.1 Å². The third kappa shape index (κ3) is 3.70. The van der Waals surface area contributed by atoms with Gasteiger partial charge < -0.3 is 15.1 Å². The highest BCUT2D eigenvalue weighted by atomic mass is 16.2. The van der Waals surface area contributed by atoms with Crippen LogP contribution in [0.3, 0.4) is 0 Å². The number of hydrogen-bond acceptors (Lipinski definition) is 2. The SMILES string of the molecule is CCC(CC)NC(=O)N1CCN(C)CC1. The quantitative estimate of drug-likeness (QED) is 0.763. The second-order valence-corrected chi connectivity index (χ2v) is 4.25. The van der Waals surface area contributed by atoms with Crippen LogP contribution in [0.25, 0.3) is 0 Å². The summed E-state index contributed by atoms with van der Waals surface area (Å²) in [6.45, 7) is 7.88. The van der Waals surface area contributed by atoms with Gasteiger partial charge in [0, 0.05) is 32.2 Å². The van der Waals surface area contributed by atoms with Crippen LogP contribution in [0.5, 0.6) is 0 Å². The number of likely N-dealkylation sites (N-methyl/N-ethyl adjacent to an activating group) is 1. The first kappa shape index (κ1) is 12.3. The van der Waals surface area contributed by atoms with Gasteiger partial charge in [0.1, 0.15) is 0 Å². The molecule has 0 unspecified atom stereocenters. The van der Waals surface area contributed by atoms with E-state index in [1.165, 1.54) is 0 Å². The molecule has 1 saturated heterocycles. The molecule has 1 fully saturated rings. The summed E-state index contributed by atoms with van der Waals surface area (Å²) >= 11 is 0. The molecule has 4 heteroatoms. The van der Waals surface area contributed by atoms with Gasteiger partial charge in [-0.25, -0.2) is 4.79 Å². The van der Waals surface area contributed by atoms with Crippen molar-refractivity contribution in [3.63, 3.8) is 0 Å². The fraction of sp³-hybridized carbons (Fsp3) is 0.909. The zero-order valence-electron chi connectivity index (χ0n) is 10.1. The lowest BCUT2D eigenvalue weighted by atomic mass is 10.2. The molecule has 0 bridgehead atoms. The second-order valence-electron chi connectivity index (χ2n) is 4.25. The number of carbonyl (C=O) groups excluding carboxylic acids is 1. The molecule has 1 aliphatic rings. The first-order valence-electron chi connectivity index (χ1n) is 5.91. The van der Waals surface area contributed by atoms with Crippen LogP contribution in [0.2, 0.25) is 0 Å². The molecule has 0 aliphatic carbocycles. The van der Waals surface area contributed by atoms with Gasteiger partial charge in [0.15, 0.2) is 0 Å². The number of amides is 2. The van der Waals surface area contributed by atoms with Crippen LogP contribution in [0.15, 0.2) is 0 Å². The van der Waals surface area contributed by atoms with Crippen LogP contribution >= 0.6 is 0 Å². The fourth-order valence-electron chi connectivity index (χ4n) is 1.77. The fourth-order valence-corrected chi connectivity index (χ4v) is 1.77. The van der Waals surface area contributed by atoms with Gasteiger partial charge in [-0.15, -0.1) is 0 Å². The van der Waals surface area contributed by atoms with E-state index >= 15 is 0 Å². The first-order chi connectivity index (χ1) is 7.17. The predicted molar refractivity (Wildman–Crippen MR) is 62.0 cm³/mol. The second kappa shape index (κ2) is 5.95. The van der Waals surface area contributed by atoms with Crippen molar-refractivity contribution in [2.45, 2.75) is 32.7 Å². The standard InChI is InChI=1S/C11H23N3O/c1-4-10(5-2)12-11(15)14-8-6-13(3)7-9-14/h10H,4-9H2,1-3H3,(H,12,15). The molecule has 0 atom stereocenters. The molecular formula is C11H23N3O. The highest BCUT2D eigenvalue weighted by molar-refractivity contribution is 5.74. The molecule has 1 rings (SSSR count). The topological polar surface area (TPSA) is 35.6 Å². The maximum absolute atomic E-state index is 11.8. The summed E-state index contributed by atoms with van der Waals surface area (Å²) in [6, 6.07) is 0.439. The van der Waals surface area contributed by atoms with E-state index in [1.54, 1.807) is 0 Å². The Labute approximate surface area is 92.6 Å². The molecule has 2 amide bonds. The Hall–Kier alpha value is -0.770. The first-order valence-corrected chi connectivity index (χ1v) is 5.91. The molecule has 0 saturated carbocycles. The summed E-state index contributed by atoms with van der Waals surface area (Å²) in [5, 5.41) is 3.07. The third-order valence-electron chi connectivity index (χ3n) is 3.10. The molecule has 0 aromatic heterocycles. The van der Waals surface area contributed by atoms with Gasteiger partial charge in [-0.2, -0.15) is 0 Å². The van der Waals surface area contributed by atoms with Crippen LogP contribution in [0, 0.1) is 0 Å². The van der Waals surface area contributed by atoms with E-state index < -0.39 is 0 Å². The third-order valence-corrected chi connectivity index (χ3v) is 3.10. The minimum atomic E-state index is 0.108. The zero-order chi connectivity index (χ0) is 11.3. The number of urea groups is 1. The molecule has 1 heterocycles. The minimum absolute atomic E-state index is 0.108. The summed E-state index contributed by atoms with van der Waals surface area (Å²) < 4.78 is 0. The Kier molecular flexibility index (Phi) is 4.88. The summed E-state index contributed by atoms with van der Waals surface area (Å²) in [4.78, 5) is 16.0. The Morgan fingerprint density at radius 2 is 1.73 bits per heavy atom. The Morgan fingerprint density at radius 3 is 2.20 bits per heavy atom. The molecule has 1 aliphatic heterocycles. The van der Waals surface area contributed by atoms with Gasteiger partial charge in [0.25, 0.3) is 0 Å². The normalized spacial score (nSPS) is 18.3. The lowest BCUT2D eigenvalue weighted by Crippen LogP contribution is -2.52. The van der Waals surface area contributed by atoms with E-state index in [9.17, 15) is 4.79 Å². The lowest BCUT2D eigenvalue weighted by Gasteiger charge is -2.33. The van der Waals surface area contributed by atoms with Crippen molar-refractivity contribution in [3.8, 4) is 0 Å². The Bertz CT molecular complexity index is 196. The van der Waals surface area contributed by atoms with E-state index in [1.807, 2.05) is 4.90 Å². The number of nitrogens with zero attached hydrogens (tertiary/aromatic N) is 2. The monoisotopic (exact) mass is 213 g/mol. The Morgan fingerprint density at radius 1 is 1.20 bits per heavy atom. The number of hydrogen-bond donors (Lipinski definition) is 1. The average Bonchev–Trinajstić information content (AvgIpc) is 2.26. The molecule has 1 N–H and O–H groups in total. The molecule has 4 nitrogen and oxygen atoms in total. The van der Waals surface area contributed by atoms with Crippen LogP contribution < -0.4 is 5.32 Å². The highest BCUT2D eigenvalue weighted by Gasteiger charge is 2.20. The van der Waals surface area contributed by atoms with Crippen molar-refractivity contribution in [2.24, 2.45) is 0 Å². The van der Waals surface area contributed by atoms with Crippen LogP contribution in [0.4, 0.5) is 4.79 Å². The van der Waals surface area contributed by atoms with Gasteiger partial charge in [0.05, 0.1) is 0 Å². The molecular weight excluding hydrogens is 190 g/mol. The van der Waals surface area contributed by atoms with Crippen molar-refractivity contribution < 1.29 is 4.79 Å². The van der Waals surface area contributed by atoms with Crippen LogP contribution in [0.1, 0.15) is 26.7 Å². The minimum Gasteiger partial charge on any atom is -0.335 e. The molecule has 0 radical (unpaired) electrons. The van der Waals surface area contributed by atoms with E-state index in [0.717, 1.165) is 39.0 Å². The van der Waals surface area contributed by atoms with Crippen molar-refractivity contribution in [1.82, 2.24) is 15.1 Å². The molecule has 0 spiro atoms. The summed E-state index contributed by atoms with van der Waals surface area (Å²) in [6.07, 6.45) is 2.02. The van der Waals surface area contributed by atoms with E-state index in [4.69, 9.17) is 0 Å². The van der Waals surface area contributed by atoms with Crippen molar-refractivity contribution in [1.29, 1.82) is 0 Å². The number of rotatable bonds is 3. The van der Waals surface area contributed by atoms with Gasteiger partial charge >= 0.3 is 6.03 Å². The number of piperazine rings is 1. The zero-order valence-corrected chi connectivity index (χ0v) is 10.1. The Balaban J connectivity index is 2.33. The van der Waals surface area contributed by atoms with Crippen molar-refractivity contribution in [3.05, 3.63) is 0 Å². The molecule has 0 aromatic rings. The molecule has 0 aromatic carbocycles. The number of carbonyl (C=O) groups is 1. The van der Waals surface area contributed by atoms with Gasteiger partial charge in [-0.05, 0) is 19.9 Å².